The first-order valence-electron chi connectivity index (χ1n) is 15.4. The summed E-state index contributed by atoms with van der Waals surface area (Å²) < 4.78 is 28.9. The fourth-order valence-electron chi connectivity index (χ4n) is 5.24. The Bertz CT molecular complexity index is 1390. The highest BCUT2D eigenvalue weighted by Gasteiger charge is 2.49. The molecule has 4 rings (SSSR count). The average Bonchev–Trinajstić information content (AvgIpc) is 3.07. The Morgan fingerprint density at radius 1 is 0.652 bits per heavy atom. The highest BCUT2D eigenvalue weighted by atomic mass is 16.7. The number of methoxy groups -OCH3 is 1. The van der Waals surface area contributed by atoms with Gasteiger partial charge in [0.25, 0.3) is 0 Å². The van der Waals surface area contributed by atoms with Crippen LogP contribution >= 0.6 is 0 Å². The van der Waals surface area contributed by atoms with Gasteiger partial charge in [-0.3, -0.25) is 0 Å². The van der Waals surface area contributed by atoms with Crippen LogP contribution in [0.25, 0.3) is 0 Å². The Morgan fingerprint density at radius 3 is 1.46 bits per heavy atom. The quantitative estimate of drug-likeness (QED) is 0.213. The van der Waals surface area contributed by atoms with Crippen molar-refractivity contribution in [3.63, 3.8) is 0 Å². The van der Waals surface area contributed by atoms with Crippen molar-refractivity contribution in [1.82, 2.24) is 16.0 Å². The summed E-state index contributed by atoms with van der Waals surface area (Å²) in [7, 11) is 1.39. The molecule has 0 aromatic heterocycles. The molecular weight excluding hydrogens is 590 g/mol. The molecule has 3 aromatic carbocycles. The maximum absolute atomic E-state index is 13.2. The van der Waals surface area contributed by atoms with Crippen LogP contribution < -0.4 is 16.0 Å². The molecule has 0 radical (unpaired) electrons. The second kappa shape index (κ2) is 16.6. The van der Waals surface area contributed by atoms with E-state index in [1.165, 1.54) is 7.11 Å². The van der Waals surface area contributed by atoms with Crippen LogP contribution in [-0.4, -0.2) is 56.6 Å². The molecule has 0 aliphatic carbocycles. The number of ether oxygens (including phenoxy) is 5. The van der Waals surface area contributed by atoms with Gasteiger partial charge in [0.1, 0.15) is 12.7 Å². The highest BCUT2D eigenvalue weighted by Crippen LogP contribution is 2.32. The second-order valence-electron chi connectivity index (χ2n) is 11.3. The number of carbonyl (C=O) groups excluding carboxylic acids is 3. The van der Waals surface area contributed by atoms with E-state index in [9.17, 15) is 14.4 Å². The highest BCUT2D eigenvalue weighted by molar-refractivity contribution is 5.69. The normalized spacial score (nSPS) is 22.8. The minimum absolute atomic E-state index is 0.166. The number of amides is 3. The molecule has 3 N–H and O–H groups in total. The molecule has 46 heavy (non-hydrogen) atoms. The molecule has 3 aromatic rings. The van der Waals surface area contributed by atoms with Gasteiger partial charge in [0.05, 0.1) is 18.1 Å². The minimum atomic E-state index is -1.14. The minimum Gasteiger partial charge on any atom is -0.447 e. The molecule has 1 fully saturated rings. The maximum atomic E-state index is 13.2. The van der Waals surface area contributed by atoms with Gasteiger partial charge in [-0.15, -0.1) is 0 Å². The molecule has 3 amide bonds. The Labute approximate surface area is 269 Å². The zero-order chi connectivity index (χ0) is 33.1. The van der Waals surface area contributed by atoms with Gasteiger partial charge in [0.15, 0.2) is 18.5 Å². The third-order valence-electron chi connectivity index (χ3n) is 8.00. The SMILES string of the molecule is CO[C@@H]1OC(COC(=O)N[C@@H](C)c2ccccc2)[C@H](C)C(OC(=O)N[C@@H](C)c2ccccc2)[C@H]1OC(=O)N[C@@H](C)c1ccccc1. The molecule has 1 saturated heterocycles. The Kier molecular flexibility index (Phi) is 12.4. The number of hydrogen-bond donors (Lipinski definition) is 3. The zero-order valence-electron chi connectivity index (χ0n) is 26.8. The first kappa shape index (κ1) is 34.3. The van der Waals surface area contributed by atoms with Gasteiger partial charge in [-0.05, 0) is 37.5 Å². The summed E-state index contributed by atoms with van der Waals surface area (Å²) in [5.74, 6) is -0.576. The fourth-order valence-corrected chi connectivity index (χ4v) is 5.24. The molecule has 1 aliphatic heterocycles. The Balaban J connectivity index is 1.46. The van der Waals surface area contributed by atoms with Crippen molar-refractivity contribution in [2.45, 2.75) is 70.4 Å². The van der Waals surface area contributed by atoms with Gasteiger partial charge in [-0.1, -0.05) is 97.9 Å². The van der Waals surface area contributed by atoms with Crippen molar-refractivity contribution in [3.8, 4) is 0 Å². The summed E-state index contributed by atoms with van der Waals surface area (Å²) in [5.41, 5.74) is 2.69. The third kappa shape index (κ3) is 9.45. The summed E-state index contributed by atoms with van der Waals surface area (Å²) in [6.45, 7) is 7.11. The molecule has 2 unspecified atom stereocenters. The Morgan fingerprint density at radius 2 is 1.04 bits per heavy atom. The average molecular weight is 634 g/mol. The summed E-state index contributed by atoms with van der Waals surface area (Å²) >= 11 is 0. The predicted molar refractivity (Wildman–Crippen MR) is 171 cm³/mol. The van der Waals surface area contributed by atoms with E-state index < -0.39 is 48.8 Å². The molecule has 8 atom stereocenters. The Hall–Kier alpha value is -4.61. The van der Waals surface area contributed by atoms with Crippen LogP contribution in [0.4, 0.5) is 14.4 Å². The van der Waals surface area contributed by atoms with Gasteiger partial charge in [0, 0.05) is 13.0 Å². The standard InChI is InChI=1S/C35H43N3O8/c1-22-29(21-43-33(39)36-23(2)26-15-9-6-10-16-26)44-32(42-5)31(46-35(41)38-25(4)28-19-13-8-14-20-28)30(22)45-34(40)37-24(3)27-17-11-7-12-18-27/h6-20,22-25,29-32H,21H2,1-5H3,(H,36,39)(H,37,40)(H,38,41)/t22-,23-,24-,25-,29?,30?,31+,32+/m0/s1. The lowest BCUT2D eigenvalue weighted by atomic mass is 9.90. The summed E-state index contributed by atoms with van der Waals surface area (Å²) in [4.78, 5) is 39.0. The number of carbonyl (C=O) groups is 3. The monoisotopic (exact) mass is 633 g/mol. The van der Waals surface area contributed by atoms with E-state index in [1.54, 1.807) is 6.92 Å². The van der Waals surface area contributed by atoms with Crippen molar-refractivity contribution >= 4 is 18.3 Å². The number of hydrogen-bond acceptors (Lipinski definition) is 8. The molecule has 0 saturated carbocycles. The number of nitrogens with one attached hydrogen (secondary N) is 3. The number of rotatable bonds is 11. The largest absolute Gasteiger partial charge is 0.447 e. The van der Waals surface area contributed by atoms with E-state index >= 15 is 0 Å². The smallest absolute Gasteiger partial charge is 0.408 e. The molecule has 1 aliphatic rings. The lowest BCUT2D eigenvalue weighted by Crippen LogP contribution is -2.59. The lowest BCUT2D eigenvalue weighted by molar-refractivity contribution is -0.278. The van der Waals surface area contributed by atoms with Gasteiger partial charge in [0.2, 0.25) is 0 Å². The zero-order valence-corrected chi connectivity index (χ0v) is 26.8. The van der Waals surface area contributed by atoms with Crippen LogP contribution in [0.5, 0.6) is 0 Å². The lowest BCUT2D eigenvalue weighted by Gasteiger charge is -2.43. The van der Waals surface area contributed by atoms with Crippen LogP contribution in [0.1, 0.15) is 62.5 Å². The van der Waals surface area contributed by atoms with Gasteiger partial charge < -0.3 is 39.6 Å². The topological polar surface area (TPSA) is 133 Å². The first-order chi connectivity index (χ1) is 22.2. The van der Waals surface area contributed by atoms with E-state index in [1.807, 2.05) is 112 Å². The van der Waals surface area contributed by atoms with E-state index in [4.69, 9.17) is 23.7 Å². The van der Waals surface area contributed by atoms with Crippen LogP contribution in [0.15, 0.2) is 91.0 Å². The third-order valence-corrected chi connectivity index (χ3v) is 8.00. The van der Waals surface area contributed by atoms with Gasteiger partial charge in [-0.2, -0.15) is 0 Å². The van der Waals surface area contributed by atoms with E-state index in [-0.39, 0.29) is 24.7 Å². The van der Waals surface area contributed by atoms with Crippen LogP contribution in [0, 0.1) is 5.92 Å². The first-order valence-corrected chi connectivity index (χ1v) is 15.4. The predicted octanol–water partition coefficient (Wildman–Crippen LogP) is 6.19. The molecule has 11 heteroatoms. The van der Waals surface area contributed by atoms with Crippen LogP contribution in [0.2, 0.25) is 0 Å². The van der Waals surface area contributed by atoms with Crippen molar-refractivity contribution in [1.29, 1.82) is 0 Å². The molecule has 246 valence electrons. The van der Waals surface area contributed by atoms with E-state index in [0.29, 0.717) is 0 Å². The molecule has 0 spiro atoms. The van der Waals surface area contributed by atoms with Crippen molar-refractivity contribution in [2.24, 2.45) is 5.92 Å². The molecular formula is C35H43N3O8. The van der Waals surface area contributed by atoms with E-state index in [2.05, 4.69) is 16.0 Å². The summed E-state index contributed by atoms with van der Waals surface area (Å²) in [6.07, 6.45) is -6.12. The number of alkyl carbamates (subject to hydrolysis) is 3. The number of benzene rings is 3. The van der Waals surface area contributed by atoms with Crippen molar-refractivity contribution in [3.05, 3.63) is 108 Å². The maximum Gasteiger partial charge on any atom is 0.408 e. The summed E-state index contributed by atoms with van der Waals surface area (Å²) in [5, 5.41) is 8.44. The van der Waals surface area contributed by atoms with Crippen LogP contribution in [-0.2, 0) is 23.7 Å². The van der Waals surface area contributed by atoms with Crippen molar-refractivity contribution < 1.29 is 38.1 Å². The molecule has 0 bridgehead atoms. The van der Waals surface area contributed by atoms with Gasteiger partial charge in [-0.25, -0.2) is 14.4 Å². The second-order valence-corrected chi connectivity index (χ2v) is 11.3. The molecule has 11 nitrogen and oxygen atoms in total. The van der Waals surface area contributed by atoms with Crippen molar-refractivity contribution in [2.75, 3.05) is 13.7 Å². The van der Waals surface area contributed by atoms with Crippen LogP contribution in [0.3, 0.4) is 0 Å². The fraction of sp³-hybridized carbons (Fsp3) is 0.400. The molecule has 1 heterocycles. The summed E-state index contributed by atoms with van der Waals surface area (Å²) in [6, 6.07) is 27.3. The van der Waals surface area contributed by atoms with E-state index in [0.717, 1.165) is 16.7 Å². The van der Waals surface area contributed by atoms with Gasteiger partial charge >= 0.3 is 18.3 Å².